The minimum atomic E-state index is -1.34. The fraction of sp³-hybridized carbons (Fsp3) is 0.429. The SMILES string of the molecule is CCC(C)Oc1cccc(NC(=O)N[C@@H](CO)C(=O)O)c1. The molecule has 0 aliphatic heterocycles. The molecule has 1 unspecified atom stereocenters. The quantitative estimate of drug-likeness (QED) is 0.609. The number of hydrogen-bond acceptors (Lipinski definition) is 4. The van der Waals surface area contributed by atoms with Gasteiger partial charge in [-0.05, 0) is 25.5 Å². The van der Waals surface area contributed by atoms with Crippen LogP contribution in [0.5, 0.6) is 5.75 Å². The second-order valence-corrected chi connectivity index (χ2v) is 4.54. The van der Waals surface area contributed by atoms with Gasteiger partial charge < -0.3 is 25.6 Å². The van der Waals surface area contributed by atoms with E-state index in [4.69, 9.17) is 14.9 Å². The van der Waals surface area contributed by atoms with Crippen molar-refractivity contribution in [3.63, 3.8) is 0 Å². The average Bonchev–Trinajstić information content (AvgIpc) is 2.44. The average molecular weight is 296 g/mol. The molecule has 2 atom stereocenters. The number of aliphatic hydroxyl groups is 1. The lowest BCUT2D eigenvalue weighted by molar-refractivity contribution is -0.140. The van der Waals surface area contributed by atoms with Crippen LogP contribution in [0.25, 0.3) is 0 Å². The van der Waals surface area contributed by atoms with Crippen molar-refractivity contribution in [2.45, 2.75) is 32.4 Å². The lowest BCUT2D eigenvalue weighted by Gasteiger charge is -2.15. The second kappa shape index (κ2) is 8.11. The third kappa shape index (κ3) is 5.70. The number of carboxylic acid groups (broad SMARTS) is 1. The number of hydrogen-bond donors (Lipinski definition) is 4. The molecule has 0 saturated heterocycles. The molecule has 0 aromatic heterocycles. The Kier molecular flexibility index (Phi) is 6.48. The van der Waals surface area contributed by atoms with Crippen molar-refractivity contribution >= 4 is 17.7 Å². The van der Waals surface area contributed by atoms with E-state index < -0.39 is 24.6 Å². The van der Waals surface area contributed by atoms with Crippen LogP contribution in [0.1, 0.15) is 20.3 Å². The van der Waals surface area contributed by atoms with Gasteiger partial charge in [-0.15, -0.1) is 0 Å². The summed E-state index contributed by atoms with van der Waals surface area (Å²) in [6, 6.07) is 4.72. The molecule has 0 bridgehead atoms. The molecule has 0 fully saturated rings. The van der Waals surface area contributed by atoms with Gasteiger partial charge in [-0.2, -0.15) is 0 Å². The van der Waals surface area contributed by atoms with E-state index in [9.17, 15) is 9.59 Å². The molecule has 7 heteroatoms. The minimum Gasteiger partial charge on any atom is -0.491 e. The maximum absolute atomic E-state index is 11.6. The first kappa shape index (κ1) is 16.8. The van der Waals surface area contributed by atoms with Crippen LogP contribution >= 0.6 is 0 Å². The molecule has 21 heavy (non-hydrogen) atoms. The van der Waals surface area contributed by atoms with E-state index >= 15 is 0 Å². The van der Waals surface area contributed by atoms with Gasteiger partial charge in [0.05, 0.1) is 12.7 Å². The van der Waals surface area contributed by atoms with Crippen LogP contribution in [-0.4, -0.2) is 41.0 Å². The number of aliphatic carboxylic acids is 1. The summed E-state index contributed by atoms with van der Waals surface area (Å²) in [5, 5.41) is 22.2. The van der Waals surface area contributed by atoms with Gasteiger partial charge >= 0.3 is 12.0 Å². The van der Waals surface area contributed by atoms with E-state index in [-0.39, 0.29) is 6.10 Å². The summed E-state index contributed by atoms with van der Waals surface area (Å²) in [6.07, 6.45) is 0.912. The molecular formula is C14H20N2O5. The number of carbonyl (C=O) groups excluding carboxylic acids is 1. The van der Waals surface area contributed by atoms with Crippen molar-refractivity contribution in [3.05, 3.63) is 24.3 Å². The number of anilines is 1. The summed E-state index contributed by atoms with van der Waals surface area (Å²) in [4.78, 5) is 22.3. The van der Waals surface area contributed by atoms with Gasteiger partial charge in [0.25, 0.3) is 0 Å². The Bertz CT molecular complexity index is 492. The van der Waals surface area contributed by atoms with E-state index in [1.807, 2.05) is 13.8 Å². The lowest BCUT2D eigenvalue weighted by Crippen LogP contribution is -2.45. The monoisotopic (exact) mass is 296 g/mol. The Labute approximate surface area is 122 Å². The van der Waals surface area contributed by atoms with Gasteiger partial charge in [0.1, 0.15) is 5.75 Å². The molecule has 1 rings (SSSR count). The molecule has 116 valence electrons. The van der Waals surface area contributed by atoms with Gasteiger partial charge in [-0.3, -0.25) is 0 Å². The number of rotatable bonds is 7. The van der Waals surface area contributed by atoms with Crippen LogP contribution in [0.2, 0.25) is 0 Å². The summed E-state index contributed by atoms with van der Waals surface area (Å²) in [7, 11) is 0. The van der Waals surface area contributed by atoms with Crippen molar-refractivity contribution in [1.82, 2.24) is 5.32 Å². The highest BCUT2D eigenvalue weighted by Gasteiger charge is 2.18. The Morgan fingerprint density at radius 2 is 2.10 bits per heavy atom. The number of urea groups is 1. The Hall–Kier alpha value is -2.28. The van der Waals surface area contributed by atoms with Crippen LogP contribution < -0.4 is 15.4 Å². The predicted octanol–water partition coefficient (Wildman–Crippen LogP) is 1.43. The summed E-state index contributed by atoms with van der Waals surface area (Å²) in [5.41, 5.74) is 0.468. The molecule has 0 radical (unpaired) electrons. The predicted molar refractivity (Wildman–Crippen MR) is 77.5 cm³/mol. The van der Waals surface area contributed by atoms with E-state index in [1.165, 1.54) is 0 Å². The smallest absolute Gasteiger partial charge is 0.328 e. The standard InChI is InChI=1S/C14H20N2O5/c1-3-9(2)21-11-6-4-5-10(7-11)15-14(20)16-12(8-17)13(18)19/h4-7,9,12,17H,3,8H2,1-2H3,(H,18,19)(H2,15,16,20)/t9?,12-/m0/s1. The number of carboxylic acids is 1. The van der Waals surface area contributed by atoms with Gasteiger partial charge in [0.2, 0.25) is 0 Å². The van der Waals surface area contributed by atoms with Crippen LogP contribution in [0.4, 0.5) is 10.5 Å². The molecule has 7 nitrogen and oxygen atoms in total. The van der Waals surface area contributed by atoms with Gasteiger partial charge in [0, 0.05) is 11.8 Å². The Morgan fingerprint density at radius 3 is 2.67 bits per heavy atom. The molecule has 1 aromatic carbocycles. The number of aliphatic hydroxyl groups excluding tert-OH is 1. The fourth-order valence-electron chi connectivity index (χ4n) is 1.47. The van der Waals surface area contributed by atoms with Gasteiger partial charge in [0.15, 0.2) is 6.04 Å². The van der Waals surface area contributed by atoms with Crippen LogP contribution in [0.3, 0.4) is 0 Å². The summed E-state index contributed by atoms with van der Waals surface area (Å²) < 4.78 is 5.62. The molecule has 0 heterocycles. The minimum absolute atomic E-state index is 0.0554. The first-order chi connectivity index (χ1) is 9.96. The molecule has 0 aliphatic carbocycles. The summed E-state index contributed by atoms with van der Waals surface area (Å²) in [5.74, 6) is -0.694. The van der Waals surface area contributed by atoms with Crippen LogP contribution in [0, 0.1) is 0 Å². The topological polar surface area (TPSA) is 108 Å². The normalized spacial score (nSPS) is 13.1. The molecule has 0 saturated carbocycles. The summed E-state index contributed by atoms with van der Waals surface area (Å²) in [6.45, 7) is 3.26. The fourth-order valence-corrected chi connectivity index (χ4v) is 1.47. The number of nitrogens with one attached hydrogen (secondary N) is 2. The van der Waals surface area contributed by atoms with Crippen molar-refractivity contribution < 1.29 is 24.5 Å². The van der Waals surface area contributed by atoms with E-state index in [1.54, 1.807) is 24.3 Å². The number of ether oxygens (including phenoxy) is 1. The Morgan fingerprint density at radius 1 is 1.38 bits per heavy atom. The van der Waals surface area contributed by atoms with Crippen LogP contribution in [-0.2, 0) is 4.79 Å². The number of amides is 2. The highest BCUT2D eigenvalue weighted by Crippen LogP contribution is 2.19. The van der Waals surface area contributed by atoms with Crippen molar-refractivity contribution in [3.8, 4) is 5.75 Å². The largest absolute Gasteiger partial charge is 0.491 e. The Balaban J connectivity index is 2.64. The molecular weight excluding hydrogens is 276 g/mol. The van der Waals surface area contributed by atoms with E-state index in [0.29, 0.717) is 11.4 Å². The molecule has 1 aromatic rings. The zero-order chi connectivity index (χ0) is 15.8. The maximum atomic E-state index is 11.6. The maximum Gasteiger partial charge on any atom is 0.328 e. The van der Waals surface area contributed by atoms with Crippen molar-refractivity contribution in [2.24, 2.45) is 0 Å². The lowest BCUT2D eigenvalue weighted by atomic mass is 10.2. The first-order valence-corrected chi connectivity index (χ1v) is 6.64. The van der Waals surface area contributed by atoms with E-state index in [2.05, 4.69) is 10.6 Å². The summed E-state index contributed by atoms with van der Waals surface area (Å²) >= 11 is 0. The number of carbonyl (C=O) groups is 2. The van der Waals surface area contributed by atoms with E-state index in [0.717, 1.165) is 6.42 Å². The third-order valence-corrected chi connectivity index (χ3v) is 2.79. The zero-order valence-electron chi connectivity index (χ0n) is 12.0. The molecule has 0 spiro atoms. The molecule has 0 aliphatic rings. The third-order valence-electron chi connectivity index (χ3n) is 2.79. The highest BCUT2D eigenvalue weighted by molar-refractivity contribution is 5.92. The molecule has 4 N–H and O–H groups in total. The first-order valence-electron chi connectivity index (χ1n) is 6.64. The van der Waals surface area contributed by atoms with Gasteiger partial charge in [-0.25, -0.2) is 9.59 Å². The van der Waals surface area contributed by atoms with Gasteiger partial charge in [-0.1, -0.05) is 13.0 Å². The second-order valence-electron chi connectivity index (χ2n) is 4.54. The van der Waals surface area contributed by atoms with Crippen molar-refractivity contribution in [2.75, 3.05) is 11.9 Å². The van der Waals surface area contributed by atoms with Crippen LogP contribution in [0.15, 0.2) is 24.3 Å². The van der Waals surface area contributed by atoms with Crippen molar-refractivity contribution in [1.29, 1.82) is 0 Å². The molecule has 2 amide bonds. The number of benzene rings is 1. The zero-order valence-corrected chi connectivity index (χ0v) is 12.0. The highest BCUT2D eigenvalue weighted by atomic mass is 16.5.